The van der Waals surface area contributed by atoms with Crippen LogP contribution >= 0.6 is 27.7 Å². The van der Waals surface area contributed by atoms with Crippen molar-refractivity contribution in [3.8, 4) is 0 Å². The van der Waals surface area contributed by atoms with Crippen molar-refractivity contribution in [2.75, 3.05) is 18.6 Å². The standard InChI is InChI=1S/C16H23BrN2OS/c1-21-10-7-14(18)15(20)19-11-16(8-2-9-16)12-3-5-13(17)6-4-12/h3-6,14H,2,7-11,18H2,1H3,(H,19,20)/t14-/m0/s1. The lowest BCUT2D eigenvalue weighted by atomic mass is 9.64. The maximum absolute atomic E-state index is 12.1. The van der Waals surface area contributed by atoms with Gasteiger partial charge in [0.2, 0.25) is 5.91 Å². The number of benzene rings is 1. The predicted molar refractivity (Wildman–Crippen MR) is 93.7 cm³/mol. The van der Waals surface area contributed by atoms with Gasteiger partial charge in [-0.1, -0.05) is 34.5 Å². The summed E-state index contributed by atoms with van der Waals surface area (Å²) >= 11 is 5.19. The van der Waals surface area contributed by atoms with E-state index in [9.17, 15) is 4.79 Å². The Morgan fingerprint density at radius 1 is 1.43 bits per heavy atom. The summed E-state index contributed by atoms with van der Waals surface area (Å²) in [6.07, 6.45) is 6.26. The summed E-state index contributed by atoms with van der Waals surface area (Å²) in [5, 5.41) is 3.06. The quantitative estimate of drug-likeness (QED) is 0.775. The number of rotatable bonds is 7. The van der Waals surface area contributed by atoms with Crippen LogP contribution in [0.4, 0.5) is 0 Å². The first-order chi connectivity index (χ1) is 10.1. The molecule has 21 heavy (non-hydrogen) atoms. The Morgan fingerprint density at radius 2 is 2.10 bits per heavy atom. The summed E-state index contributed by atoms with van der Waals surface area (Å²) < 4.78 is 1.09. The van der Waals surface area contributed by atoms with E-state index < -0.39 is 0 Å². The molecule has 0 saturated heterocycles. The minimum absolute atomic E-state index is 0.0209. The van der Waals surface area contributed by atoms with Crippen LogP contribution in [0.2, 0.25) is 0 Å². The molecule has 3 N–H and O–H groups in total. The van der Waals surface area contributed by atoms with Gasteiger partial charge in [0.05, 0.1) is 6.04 Å². The Hall–Kier alpha value is -0.520. The van der Waals surface area contributed by atoms with Crippen molar-refractivity contribution in [1.82, 2.24) is 5.32 Å². The molecular weight excluding hydrogens is 348 g/mol. The fraction of sp³-hybridized carbons (Fsp3) is 0.562. The topological polar surface area (TPSA) is 55.1 Å². The maximum atomic E-state index is 12.1. The molecule has 1 amide bonds. The molecule has 1 atom stereocenters. The van der Waals surface area contributed by atoms with Gasteiger partial charge in [-0.05, 0) is 49.0 Å². The number of nitrogens with one attached hydrogen (secondary N) is 1. The number of thioether (sulfide) groups is 1. The molecule has 5 heteroatoms. The Balaban J connectivity index is 1.93. The summed E-state index contributed by atoms with van der Waals surface area (Å²) in [5.74, 6) is 0.902. The molecule has 1 fully saturated rings. The van der Waals surface area contributed by atoms with Crippen molar-refractivity contribution < 1.29 is 4.79 Å². The van der Waals surface area contributed by atoms with Crippen LogP contribution < -0.4 is 11.1 Å². The Bertz CT molecular complexity index is 474. The third kappa shape index (κ3) is 4.24. The van der Waals surface area contributed by atoms with E-state index in [2.05, 4.69) is 45.5 Å². The van der Waals surface area contributed by atoms with Gasteiger partial charge in [0.25, 0.3) is 0 Å². The molecule has 3 nitrogen and oxygen atoms in total. The number of hydrogen-bond acceptors (Lipinski definition) is 3. The second-order valence-corrected chi connectivity index (χ2v) is 7.65. The lowest BCUT2D eigenvalue weighted by Crippen LogP contribution is -2.49. The van der Waals surface area contributed by atoms with Gasteiger partial charge in [0.1, 0.15) is 0 Å². The smallest absolute Gasteiger partial charge is 0.236 e. The molecule has 0 aromatic heterocycles. The molecule has 1 aliphatic carbocycles. The predicted octanol–water partition coefficient (Wildman–Crippen LogP) is 3.07. The first-order valence-corrected chi connectivity index (χ1v) is 9.54. The van der Waals surface area contributed by atoms with Gasteiger partial charge in [-0.2, -0.15) is 11.8 Å². The number of carbonyl (C=O) groups is 1. The fourth-order valence-electron chi connectivity index (χ4n) is 2.74. The minimum Gasteiger partial charge on any atom is -0.354 e. The van der Waals surface area contributed by atoms with Crippen LogP contribution in [0.1, 0.15) is 31.2 Å². The normalized spacial score (nSPS) is 17.9. The lowest BCUT2D eigenvalue weighted by Gasteiger charge is -2.42. The largest absolute Gasteiger partial charge is 0.354 e. The van der Waals surface area contributed by atoms with Gasteiger partial charge < -0.3 is 11.1 Å². The highest BCUT2D eigenvalue weighted by Crippen LogP contribution is 2.43. The minimum atomic E-state index is -0.389. The van der Waals surface area contributed by atoms with E-state index in [1.54, 1.807) is 11.8 Å². The Labute approximate surface area is 139 Å². The molecule has 1 saturated carbocycles. The van der Waals surface area contributed by atoms with Crippen molar-refractivity contribution >= 4 is 33.6 Å². The van der Waals surface area contributed by atoms with E-state index in [1.165, 1.54) is 12.0 Å². The van der Waals surface area contributed by atoms with Crippen molar-refractivity contribution in [2.24, 2.45) is 5.73 Å². The molecule has 1 aromatic rings. The molecule has 0 unspecified atom stereocenters. The maximum Gasteiger partial charge on any atom is 0.236 e. The van der Waals surface area contributed by atoms with E-state index in [-0.39, 0.29) is 17.4 Å². The molecule has 0 radical (unpaired) electrons. The molecule has 0 heterocycles. The number of halogens is 1. The first-order valence-electron chi connectivity index (χ1n) is 7.36. The molecule has 1 aliphatic rings. The van der Waals surface area contributed by atoms with Gasteiger partial charge in [0.15, 0.2) is 0 Å². The van der Waals surface area contributed by atoms with Crippen LogP contribution in [0, 0.1) is 0 Å². The van der Waals surface area contributed by atoms with Crippen LogP contribution in [-0.4, -0.2) is 30.5 Å². The van der Waals surface area contributed by atoms with Gasteiger partial charge in [-0.15, -0.1) is 0 Å². The second kappa shape index (κ2) is 7.65. The van der Waals surface area contributed by atoms with Gasteiger partial charge in [-0.25, -0.2) is 0 Å². The Kier molecular flexibility index (Phi) is 6.14. The van der Waals surface area contributed by atoms with Crippen LogP contribution in [0.5, 0.6) is 0 Å². The van der Waals surface area contributed by atoms with Crippen molar-refractivity contribution in [3.05, 3.63) is 34.3 Å². The van der Waals surface area contributed by atoms with Crippen molar-refractivity contribution in [3.63, 3.8) is 0 Å². The summed E-state index contributed by atoms with van der Waals surface area (Å²) in [6.45, 7) is 0.695. The van der Waals surface area contributed by atoms with E-state index in [0.717, 1.165) is 29.5 Å². The summed E-state index contributed by atoms with van der Waals surface area (Å²) in [7, 11) is 0. The summed E-state index contributed by atoms with van der Waals surface area (Å²) in [4.78, 5) is 12.1. The average Bonchev–Trinajstić information content (AvgIpc) is 2.45. The van der Waals surface area contributed by atoms with Crippen LogP contribution in [0.15, 0.2) is 28.7 Å². The molecule has 2 rings (SSSR count). The van der Waals surface area contributed by atoms with Crippen molar-refractivity contribution in [1.29, 1.82) is 0 Å². The zero-order valence-electron chi connectivity index (χ0n) is 12.4. The molecule has 1 aromatic carbocycles. The number of hydrogen-bond donors (Lipinski definition) is 2. The van der Waals surface area contributed by atoms with Crippen LogP contribution in [-0.2, 0) is 10.2 Å². The third-order valence-electron chi connectivity index (χ3n) is 4.34. The van der Waals surface area contributed by atoms with E-state index in [4.69, 9.17) is 5.73 Å². The van der Waals surface area contributed by atoms with Gasteiger partial charge in [0, 0.05) is 16.4 Å². The SMILES string of the molecule is CSCC[C@H](N)C(=O)NCC1(c2ccc(Br)cc2)CCC1. The summed E-state index contributed by atoms with van der Waals surface area (Å²) in [5.41, 5.74) is 7.34. The van der Waals surface area contributed by atoms with Gasteiger partial charge >= 0.3 is 0 Å². The number of carbonyl (C=O) groups excluding carboxylic acids is 1. The monoisotopic (exact) mass is 370 g/mol. The highest BCUT2D eigenvalue weighted by atomic mass is 79.9. The molecule has 0 spiro atoms. The average molecular weight is 371 g/mol. The fourth-order valence-corrected chi connectivity index (χ4v) is 3.49. The Morgan fingerprint density at radius 3 is 2.62 bits per heavy atom. The van der Waals surface area contributed by atoms with Gasteiger partial charge in [-0.3, -0.25) is 4.79 Å². The highest BCUT2D eigenvalue weighted by molar-refractivity contribution is 9.10. The lowest BCUT2D eigenvalue weighted by molar-refractivity contribution is -0.122. The molecule has 116 valence electrons. The van der Waals surface area contributed by atoms with Crippen molar-refractivity contribution in [2.45, 2.75) is 37.1 Å². The third-order valence-corrected chi connectivity index (χ3v) is 5.51. The second-order valence-electron chi connectivity index (χ2n) is 5.75. The van der Waals surface area contributed by atoms with Crippen LogP contribution in [0.25, 0.3) is 0 Å². The van der Waals surface area contributed by atoms with E-state index in [1.807, 2.05) is 6.26 Å². The molecule has 0 bridgehead atoms. The summed E-state index contributed by atoms with van der Waals surface area (Å²) in [6, 6.07) is 8.06. The molecule has 0 aliphatic heterocycles. The zero-order valence-corrected chi connectivity index (χ0v) is 14.8. The first kappa shape index (κ1) is 16.8. The number of nitrogens with two attached hydrogens (primary N) is 1. The number of amides is 1. The van der Waals surface area contributed by atoms with E-state index in [0.29, 0.717) is 6.54 Å². The molecular formula is C16H23BrN2OS. The zero-order chi connectivity index (χ0) is 15.3. The highest BCUT2D eigenvalue weighted by Gasteiger charge is 2.39. The van der Waals surface area contributed by atoms with Crippen LogP contribution in [0.3, 0.4) is 0 Å². The van der Waals surface area contributed by atoms with E-state index >= 15 is 0 Å².